The van der Waals surface area contributed by atoms with Crippen molar-refractivity contribution < 1.29 is 0 Å². The lowest BCUT2D eigenvalue weighted by Crippen LogP contribution is -2.34. The number of likely N-dealkylation sites (tertiary alicyclic amines) is 1. The molecule has 2 N–H and O–H groups in total. The minimum atomic E-state index is 0.641. The van der Waals surface area contributed by atoms with E-state index in [9.17, 15) is 0 Å². The fourth-order valence-electron chi connectivity index (χ4n) is 2.64. The fourth-order valence-corrected chi connectivity index (χ4v) is 2.64. The number of rotatable bonds is 5. The van der Waals surface area contributed by atoms with Crippen LogP contribution in [0.4, 0.5) is 11.6 Å². The van der Waals surface area contributed by atoms with Gasteiger partial charge in [-0.15, -0.1) is 0 Å². The van der Waals surface area contributed by atoms with E-state index >= 15 is 0 Å². The van der Waals surface area contributed by atoms with Gasteiger partial charge in [-0.3, -0.25) is 4.90 Å². The molecule has 1 atom stereocenters. The highest BCUT2D eigenvalue weighted by molar-refractivity contribution is 5.56. The van der Waals surface area contributed by atoms with Crippen molar-refractivity contribution in [3.63, 3.8) is 0 Å². The van der Waals surface area contributed by atoms with Gasteiger partial charge in [0.15, 0.2) is 0 Å². The molecule has 0 radical (unpaired) electrons. The third-order valence-electron chi connectivity index (χ3n) is 3.73. The molecule has 1 fully saturated rings. The molecule has 0 saturated carbocycles. The van der Waals surface area contributed by atoms with Crippen LogP contribution in [-0.2, 0) is 0 Å². The lowest BCUT2D eigenvalue weighted by Gasteiger charge is -2.23. The van der Waals surface area contributed by atoms with Gasteiger partial charge in [0.1, 0.15) is 18.0 Å². The van der Waals surface area contributed by atoms with E-state index < -0.39 is 0 Å². The van der Waals surface area contributed by atoms with E-state index in [1.54, 1.807) is 6.33 Å². The molecule has 0 spiro atoms. The number of nitrogens with zero attached hydrogens (tertiary/aromatic N) is 3. The number of hydrogen-bond acceptors (Lipinski definition) is 5. The standard InChI is InChI=1S/C13H23N5/c1-4-18-7-5-6-11(18)8-15-13-10(2)12(14-3)16-9-17-13/h9,11H,4-8H2,1-3H3,(H2,14,15,16,17). The van der Waals surface area contributed by atoms with Crippen LogP contribution in [0.1, 0.15) is 25.3 Å². The molecule has 1 aromatic rings. The Hall–Kier alpha value is -1.36. The van der Waals surface area contributed by atoms with Crippen LogP contribution in [0.5, 0.6) is 0 Å². The molecule has 100 valence electrons. The van der Waals surface area contributed by atoms with Crippen LogP contribution in [-0.4, -0.2) is 47.6 Å². The second-order valence-electron chi connectivity index (χ2n) is 4.75. The second-order valence-corrected chi connectivity index (χ2v) is 4.75. The van der Waals surface area contributed by atoms with Crippen molar-refractivity contribution in [3.05, 3.63) is 11.9 Å². The lowest BCUT2D eigenvalue weighted by molar-refractivity contribution is 0.277. The zero-order chi connectivity index (χ0) is 13.0. The molecule has 1 aromatic heterocycles. The lowest BCUT2D eigenvalue weighted by atomic mass is 10.2. The Kier molecular flexibility index (Phi) is 4.36. The Morgan fingerprint density at radius 2 is 2.17 bits per heavy atom. The Morgan fingerprint density at radius 1 is 1.39 bits per heavy atom. The SMILES string of the molecule is CCN1CCCC1CNc1ncnc(NC)c1C. The molecule has 1 aliphatic rings. The van der Waals surface area contributed by atoms with Gasteiger partial charge in [-0.05, 0) is 32.9 Å². The summed E-state index contributed by atoms with van der Waals surface area (Å²) in [6, 6.07) is 0.641. The van der Waals surface area contributed by atoms with Crippen LogP contribution in [0, 0.1) is 6.92 Å². The molecule has 2 rings (SSSR count). The van der Waals surface area contributed by atoms with E-state index in [0.29, 0.717) is 6.04 Å². The number of likely N-dealkylation sites (N-methyl/N-ethyl adjacent to an activating group) is 1. The monoisotopic (exact) mass is 249 g/mol. The Bertz CT molecular complexity index is 393. The predicted octanol–water partition coefficient (Wildman–Crippen LogP) is 1.72. The first kappa shape index (κ1) is 13.1. The molecule has 0 aromatic carbocycles. The molecule has 5 nitrogen and oxygen atoms in total. The van der Waals surface area contributed by atoms with E-state index in [2.05, 4.69) is 32.4 Å². The molecular weight excluding hydrogens is 226 g/mol. The maximum Gasteiger partial charge on any atom is 0.134 e. The van der Waals surface area contributed by atoms with Gasteiger partial charge in [0.25, 0.3) is 0 Å². The minimum absolute atomic E-state index is 0.641. The largest absolute Gasteiger partial charge is 0.373 e. The first-order valence-corrected chi connectivity index (χ1v) is 6.73. The maximum absolute atomic E-state index is 4.32. The molecule has 0 bridgehead atoms. The summed E-state index contributed by atoms with van der Waals surface area (Å²) < 4.78 is 0. The highest BCUT2D eigenvalue weighted by Crippen LogP contribution is 2.20. The van der Waals surface area contributed by atoms with Crippen molar-refractivity contribution in [1.82, 2.24) is 14.9 Å². The highest BCUT2D eigenvalue weighted by atomic mass is 15.2. The van der Waals surface area contributed by atoms with E-state index in [0.717, 1.165) is 30.3 Å². The summed E-state index contributed by atoms with van der Waals surface area (Å²) in [5.41, 5.74) is 1.08. The predicted molar refractivity (Wildman–Crippen MR) is 75.1 cm³/mol. The van der Waals surface area contributed by atoms with Gasteiger partial charge in [0.05, 0.1) is 0 Å². The Morgan fingerprint density at radius 3 is 2.89 bits per heavy atom. The van der Waals surface area contributed by atoms with E-state index in [1.807, 2.05) is 14.0 Å². The van der Waals surface area contributed by atoms with Gasteiger partial charge in [0.2, 0.25) is 0 Å². The van der Waals surface area contributed by atoms with Gasteiger partial charge in [-0.2, -0.15) is 0 Å². The average molecular weight is 249 g/mol. The first-order chi connectivity index (χ1) is 8.76. The summed E-state index contributed by atoms with van der Waals surface area (Å²) in [6.45, 7) is 7.60. The van der Waals surface area contributed by atoms with Gasteiger partial charge in [0, 0.05) is 25.2 Å². The zero-order valence-electron chi connectivity index (χ0n) is 11.5. The highest BCUT2D eigenvalue weighted by Gasteiger charge is 2.22. The van der Waals surface area contributed by atoms with Gasteiger partial charge < -0.3 is 10.6 Å². The maximum atomic E-state index is 4.32. The summed E-state index contributed by atoms with van der Waals surface area (Å²) in [4.78, 5) is 11.0. The topological polar surface area (TPSA) is 53.1 Å². The molecule has 0 amide bonds. The summed E-state index contributed by atoms with van der Waals surface area (Å²) in [6.07, 6.45) is 4.20. The van der Waals surface area contributed by atoms with Crippen molar-refractivity contribution in [2.45, 2.75) is 32.7 Å². The van der Waals surface area contributed by atoms with Gasteiger partial charge >= 0.3 is 0 Å². The molecule has 0 aliphatic carbocycles. The van der Waals surface area contributed by atoms with E-state index in [1.165, 1.54) is 19.4 Å². The summed E-state index contributed by atoms with van der Waals surface area (Å²) in [5.74, 6) is 1.84. The third-order valence-corrected chi connectivity index (χ3v) is 3.73. The van der Waals surface area contributed by atoms with E-state index in [-0.39, 0.29) is 0 Å². The van der Waals surface area contributed by atoms with Crippen LogP contribution in [0.25, 0.3) is 0 Å². The molecular formula is C13H23N5. The van der Waals surface area contributed by atoms with Crippen molar-refractivity contribution in [2.75, 3.05) is 37.3 Å². The normalized spacial score (nSPS) is 20.1. The van der Waals surface area contributed by atoms with Crippen molar-refractivity contribution in [3.8, 4) is 0 Å². The molecule has 18 heavy (non-hydrogen) atoms. The quantitative estimate of drug-likeness (QED) is 0.832. The molecule has 2 heterocycles. The summed E-state index contributed by atoms with van der Waals surface area (Å²) >= 11 is 0. The van der Waals surface area contributed by atoms with Crippen LogP contribution >= 0.6 is 0 Å². The van der Waals surface area contributed by atoms with Crippen LogP contribution in [0.2, 0.25) is 0 Å². The van der Waals surface area contributed by atoms with Crippen LogP contribution in [0.3, 0.4) is 0 Å². The number of aromatic nitrogens is 2. The Labute approximate surface area is 109 Å². The molecule has 1 aliphatic heterocycles. The van der Waals surface area contributed by atoms with Gasteiger partial charge in [-0.1, -0.05) is 6.92 Å². The number of anilines is 2. The average Bonchev–Trinajstić information content (AvgIpc) is 2.85. The van der Waals surface area contributed by atoms with Gasteiger partial charge in [-0.25, -0.2) is 9.97 Å². The van der Waals surface area contributed by atoms with Crippen molar-refractivity contribution in [2.24, 2.45) is 0 Å². The molecule has 5 heteroatoms. The second kappa shape index (κ2) is 6.00. The zero-order valence-corrected chi connectivity index (χ0v) is 11.5. The molecule has 1 unspecified atom stereocenters. The van der Waals surface area contributed by atoms with Crippen molar-refractivity contribution >= 4 is 11.6 Å². The number of nitrogens with one attached hydrogen (secondary N) is 2. The van der Waals surface area contributed by atoms with Crippen LogP contribution in [0.15, 0.2) is 6.33 Å². The Balaban J connectivity index is 1.98. The van der Waals surface area contributed by atoms with Crippen molar-refractivity contribution in [1.29, 1.82) is 0 Å². The smallest absolute Gasteiger partial charge is 0.134 e. The number of hydrogen-bond donors (Lipinski definition) is 2. The summed E-state index contributed by atoms with van der Waals surface area (Å²) in [7, 11) is 1.88. The first-order valence-electron chi connectivity index (χ1n) is 6.73. The minimum Gasteiger partial charge on any atom is -0.373 e. The van der Waals surface area contributed by atoms with E-state index in [4.69, 9.17) is 0 Å². The fraction of sp³-hybridized carbons (Fsp3) is 0.692. The molecule has 1 saturated heterocycles. The summed E-state index contributed by atoms with van der Waals surface area (Å²) in [5, 5.41) is 6.54. The van der Waals surface area contributed by atoms with Crippen LogP contribution < -0.4 is 10.6 Å². The third kappa shape index (κ3) is 2.72.